The van der Waals surface area contributed by atoms with E-state index in [9.17, 15) is 33.3 Å². The van der Waals surface area contributed by atoms with E-state index >= 15 is 0 Å². The number of halogens is 2. The lowest BCUT2D eigenvalue weighted by atomic mass is 10.1. The first kappa shape index (κ1) is 26.9. The Bertz CT molecular complexity index is 2040. The number of pyridine rings is 1. The van der Waals surface area contributed by atoms with Gasteiger partial charge in [-0.3, -0.25) is 29.2 Å². The number of nitro benzene ring substituents is 1. The van der Waals surface area contributed by atoms with Gasteiger partial charge in [-0.05, 0) is 54.4 Å². The van der Waals surface area contributed by atoms with Crippen molar-refractivity contribution in [3.63, 3.8) is 0 Å². The lowest BCUT2D eigenvalue weighted by molar-refractivity contribution is -0.384. The predicted octanol–water partition coefficient (Wildman–Crippen LogP) is 5.07. The molecule has 0 saturated heterocycles. The Morgan fingerprint density at radius 2 is 1.74 bits per heavy atom. The van der Waals surface area contributed by atoms with Gasteiger partial charge in [0.15, 0.2) is 0 Å². The summed E-state index contributed by atoms with van der Waals surface area (Å²) in [6.07, 6.45) is 4.88. The number of nitrogens with zero attached hydrogens (tertiary/aromatic N) is 5. The van der Waals surface area contributed by atoms with E-state index in [2.05, 4.69) is 4.98 Å². The Kier molecular flexibility index (Phi) is 6.58. The molecule has 1 aliphatic rings. The molecule has 1 aliphatic heterocycles. The average molecular weight is 588 g/mol. The maximum Gasteiger partial charge on any atom is 0.338 e. The number of aromatic nitrogens is 3. The molecule has 6 rings (SSSR count). The molecule has 1 amide bonds. The van der Waals surface area contributed by atoms with Gasteiger partial charge in [0.25, 0.3) is 11.2 Å². The van der Waals surface area contributed by atoms with Gasteiger partial charge in [0.2, 0.25) is 5.91 Å². The summed E-state index contributed by atoms with van der Waals surface area (Å²) in [5.41, 5.74) is -0.567. The first-order valence-electron chi connectivity index (χ1n) is 12.6. The van der Waals surface area contributed by atoms with Crippen LogP contribution >= 0.6 is 11.3 Å². The van der Waals surface area contributed by atoms with Crippen LogP contribution in [0.15, 0.2) is 82.7 Å². The monoisotopic (exact) mass is 587 g/mol. The number of benzene rings is 2. The van der Waals surface area contributed by atoms with Crippen LogP contribution in [0.4, 0.5) is 20.2 Å². The number of hydrogen-bond donors (Lipinski definition) is 0. The van der Waals surface area contributed by atoms with Crippen molar-refractivity contribution in [3.05, 3.63) is 127 Å². The molecule has 42 heavy (non-hydrogen) atoms. The van der Waals surface area contributed by atoms with E-state index < -0.39 is 34.4 Å². The normalized spacial score (nSPS) is 12.9. The fraction of sp³-hybridized carbons (Fsp3) is 0.103. The predicted molar refractivity (Wildman–Crippen MR) is 153 cm³/mol. The third kappa shape index (κ3) is 4.39. The Labute approximate surface area is 239 Å². The molecule has 0 N–H and O–H groups in total. The smallest absolute Gasteiger partial charge is 0.286 e. The van der Waals surface area contributed by atoms with Crippen LogP contribution in [-0.4, -0.2) is 24.9 Å². The number of anilines is 1. The van der Waals surface area contributed by atoms with E-state index in [1.165, 1.54) is 53.6 Å². The maximum atomic E-state index is 14.7. The summed E-state index contributed by atoms with van der Waals surface area (Å²) in [5.74, 6) is -1.92. The Hall–Kier alpha value is -5.30. The molecule has 0 radical (unpaired) electrons. The van der Waals surface area contributed by atoms with Crippen LogP contribution in [0, 0.1) is 28.7 Å². The number of aryl methyl sites for hydroxylation is 1. The van der Waals surface area contributed by atoms with E-state index in [4.69, 9.17) is 0 Å². The molecule has 10 nitrogen and oxygen atoms in total. The summed E-state index contributed by atoms with van der Waals surface area (Å²) in [6, 6.07) is 12.0. The minimum atomic E-state index is -0.871. The molecule has 0 unspecified atom stereocenters. The molecule has 0 spiro atoms. The van der Waals surface area contributed by atoms with Gasteiger partial charge < -0.3 is 0 Å². The zero-order valence-corrected chi connectivity index (χ0v) is 22.6. The highest BCUT2D eigenvalue weighted by Crippen LogP contribution is 2.37. The fourth-order valence-electron chi connectivity index (χ4n) is 4.86. The third-order valence-corrected chi connectivity index (χ3v) is 8.35. The lowest BCUT2D eigenvalue weighted by Gasteiger charge is -2.15. The molecule has 0 aliphatic carbocycles. The van der Waals surface area contributed by atoms with Crippen molar-refractivity contribution in [1.29, 1.82) is 0 Å². The molecule has 4 heterocycles. The number of fused-ring (bicyclic) bond motifs is 1. The van der Waals surface area contributed by atoms with Crippen molar-refractivity contribution in [1.82, 2.24) is 14.1 Å². The first-order chi connectivity index (χ1) is 20.2. The van der Waals surface area contributed by atoms with Crippen LogP contribution in [0.5, 0.6) is 0 Å². The second-order valence-electron chi connectivity index (χ2n) is 9.48. The molecular formula is C29H19F2N5O5S. The number of carbonyl (C=O) groups is 1. The highest BCUT2D eigenvalue weighted by Gasteiger charge is 2.24. The average Bonchev–Trinajstić information content (AvgIpc) is 3.56. The minimum Gasteiger partial charge on any atom is -0.286 e. The van der Waals surface area contributed by atoms with Crippen molar-refractivity contribution < 1.29 is 18.5 Å². The zero-order chi connectivity index (χ0) is 29.7. The van der Waals surface area contributed by atoms with E-state index in [1.807, 2.05) is 0 Å². The molecular weight excluding hydrogens is 568 g/mol. The van der Waals surface area contributed by atoms with Crippen LogP contribution < -0.4 is 16.1 Å². The molecule has 0 atom stereocenters. The fourth-order valence-corrected chi connectivity index (χ4v) is 6.16. The highest BCUT2D eigenvalue weighted by molar-refractivity contribution is 7.22. The van der Waals surface area contributed by atoms with Gasteiger partial charge in [-0.2, -0.15) is 0 Å². The van der Waals surface area contributed by atoms with Crippen molar-refractivity contribution in [2.24, 2.45) is 0 Å². The maximum absolute atomic E-state index is 14.7. The quantitative estimate of drug-likeness (QED) is 0.202. The number of amides is 1. The van der Waals surface area contributed by atoms with Crippen LogP contribution in [0.2, 0.25) is 0 Å². The molecule has 2 aromatic carbocycles. The molecule has 5 aromatic rings. The molecule has 0 fully saturated rings. The number of rotatable bonds is 6. The van der Waals surface area contributed by atoms with Gasteiger partial charge in [0.05, 0.1) is 28.7 Å². The summed E-state index contributed by atoms with van der Waals surface area (Å²) in [5, 5.41) is 11.3. The first-order valence-corrected chi connectivity index (χ1v) is 13.4. The van der Waals surface area contributed by atoms with Crippen molar-refractivity contribution >= 4 is 38.8 Å². The van der Waals surface area contributed by atoms with E-state index in [0.29, 0.717) is 21.7 Å². The van der Waals surface area contributed by atoms with Crippen LogP contribution in [-0.2, 0) is 11.3 Å². The third-order valence-electron chi connectivity index (χ3n) is 6.99. The zero-order valence-electron chi connectivity index (χ0n) is 21.8. The number of nitro groups is 1. The van der Waals surface area contributed by atoms with Crippen molar-refractivity contribution in [3.8, 4) is 16.3 Å². The van der Waals surface area contributed by atoms with Crippen molar-refractivity contribution in [2.75, 3.05) is 4.90 Å². The second kappa shape index (κ2) is 10.3. The summed E-state index contributed by atoms with van der Waals surface area (Å²) in [4.78, 5) is 56.9. The van der Waals surface area contributed by atoms with Crippen LogP contribution in [0.25, 0.3) is 26.5 Å². The number of non-ortho nitro benzene ring substituents is 1. The lowest BCUT2D eigenvalue weighted by Crippen LogP contribution is -2.39. The summed E-state index contributed by atoms with van der Waals surface area (Å²) < 4.78 is 31.4. The largest absolute Gasteiger partial charge is 0.338 e. The second-order valence-corrected chi connectivity index (χ2v) is 10.5. The molecule has 0 saturated carbocycles. The Balaban J connectivity index is 1.58. The highest BCUT2D eigenvalue weighted by atomic mass is 32.1. The molecule has 210 valence electrons. The number of carbonyl (C=O) groups excluding carboxylic acids is 1. The number of thiophene rings is 1. The molecule has 0 bridgehead atoms. The van der Waals surface area contributed by atoms with Crippen molar-refractivity contribution in [2.45, 2.75) is 19.9 Å². The van der Waals surface area contributed by atoms with Gasteiger partial charge in [-0.1, -0.05) is 12.1 Å². The summed E-state index contributed by atoms with van der Waals surface area (Å²) in [7, 11) is 0. The van der Waals surface area contributed by atoms with Gasteiger partial charge >= 0.3 is 5.69 Å². The SMILES string of the molecule is Cc1c(-c2ccc([N+](=O)[O-])cc2)sc2c1c(=O)n(-c1ccc(N3C=CCC3=O)cn1)c(=O)n2Cc1c(F)cccc1F. The standard InChI is InChI=1S/C29H19F2N5O5S/c1-16-25-27(38)35(23-12-11-19(14-32-23)33-13-3-6-24(33)37)29(39)34(15-20-21(30)4-2-5-22(20)31)28(25)42-26(16)17-7-9-18(10-8-17)36(40)41/h2-5,7-14H,6,15H2,1H3. The van der Waals surface area contributed by atoms with E-state index in [1.54, 1.807) is 19.2 Å². The van der Waals surface area contributed by atoms with E-state index in [-0.39, 0.29) is 39.6 Å². The van der Waals surface area contributed by atoms with Gasteiger partial charge in [0, 0.05) is 35.2 Å². The van der Waals surface area contributed by atoms with Crippen LogP contribution in [0.1, 0.15) is 17.5 Å². The number of hydrogen-bond acceptors (Lipinski definition) is 7. The van der Waals surface area contributed by atoms with Gasteiger partial charge in [0.1, 0.15) is 22.3 Å². The summed E-state index contributed by atoms with van der Waals surface area (Å²) in [6.45, 7) is 1.15. The van der Waals surface area contributed by atoms with Crippen LogP contribution in [0.3, 0.4) is 0 Å². The molecule has 3 aromatic heterocycles. The molecule has 13 heteroatoms. The minimum absolute atomic E-state index is 0.0449. The van der Waals surface area contributed by atoms with E-state index in [0.717, 1.165) is 32.6 Å². The van der Waals surface area contributed by atoms with Gasteiger partial charge in [-0.25, -0.2) is 23.1 Å². The topological polar surface area (TPSA) is 120 Å². The van der Waals surface area contributed by atoms with Gasteiger partial charge in [-0.15, -0.1) is 11.3 Å². The Morgan fingerprint density at radius 1 is 1.02 bits per heavy atom. The Morgan fingerprint density at radius 3 is 2.33 bits per heavy atom. The summed E-state index contributed by atoms with van der Waals surface area (Å²) >= 11 is 1.06.